The summed E-state index contributed by atoms with van der Waals surface area (Å²) in [4.78, 5) is 26.2. The summed E-state index contributed by atoms with van der Waals surface area (Å²) in [6.45, 7) is 0.456. The normalized spacial score (nSPS) is 10.4. The number of amides is 1. The van der Waals surface area contributed by atoms with Crippen molar-refractivity contribution < 1.29 is 24.2 Å². The summed E-state index contributed by atoms with van der Waals surface area (Å²) in [5, 5.41) is 9.40. The number of ether oxygens (including phenoxy) is 2. The van der Waals surface area contributed by atoms with E-state index in [2.05, 4.69) is 15.9 Å². The molecule has 3 rings (SSSR count). The maximum Gasteiger partial charge on any atom is 0.339 e. The monoisotopic (exact) mass is 483 g/mol. The highest BCUT2D eigenvalue weighted by atomic mass is 79.9. The van der Waals surface area contributed by atoms with Gasteiger partial charge in [-0.1, -0.05) is 48.5 Å². The lowest BCUT2D eigenvalue weighted by atomic mass is 10.1. The first kappa shape index (κ1) is 22.4. The third-order valence-corrected chi connectivity index (χ3v) is 5.24. The second-order valence-electron chi connectivity index (χ2n) is 6.80. The predicted octanol–water partition coefficient (Wildman–Crippen LogP) is 4.76. The SMILES string of the molecule is COc1cccc(CN(Cc2ccccc2)C(=O)COc2c(Br)cccc2C(=O)O)c1. The lowest BCUT2D eigenvalue weighted by Crippen LogP contribution is -2.34. The molecule has 0 aliphatic carbocycles. The third-order valence-electron chi connectivity index (χ3n) is 4.61. The van der Waals surface area contributed by atoms with Gasteiger partial charge in [0.15, 0.2) is 6.61 Å². The van der Waals surface area contributed by atoms with Gasteiger partial charge in [-0.05, 0) is 51.3 Å². The maximum atomic E-state index is 13.1. The third kappa shape index (κ3) is 6.08. The summed E-state index contributed by atoms with van der Waals surface area (Å²) < 4.78 is 11.4. The number of para-hydroxylation sites is 1. The van der Waals surface area contributed by atoms with Gasteiger partial charge in [-0.15, -0.1) is 0 Å². The fourth-order valence-electron chi connectivity index (χ4n) is 3.08. The van der Waals surface area contributed by atoms with Gasteiger partial charge in [0.05, 0.1) is 11.6 Å². The van der Waals surface area contributed by atoms with Crippen molar-refractivity contribution in [3.05, 3.63) is 94.0 Å². The molecule has 0 aliphatic rings. The number of carboxylic acids is 1. The Morgan fingerprint density at radius 2 is 1.61 bits per heavy atom. The van der Waals surface area contributed by atoms with Gasteiger partial charge >= 0.3 is 5.97 Å². The Balaban J connectivity index is 1.80. The zero-order chi connectivity index (χ0) is 22.2. The molecule has 0 saturated heterocycles. The summed E-state index contributed by atoms with van der Waals surface area (Å²) in [6, 6.07) is 21.9. The molecule has 3 aromatic rings. The van der Waals surface area contributed by atoms with Gasteiger partial charge in [0.2, 0.25) is 0 Å². The van der Waals surface area contributed by atoms with E-state index in [-0.39, 0.29) is 23.8 Å². The van der Waals surface area contributed by atoms with Gasteiger partial charge in [-0.2, -0.15) is 0 Å². The zero-order valence-corrected chi connectivity index (χ0v) is 18.5. The molecule has 6 nitrogen and oxygen atoms in total. The molecule has 0 heterocycles. The largest absolute Gasteiger partial charge is 0.497 e. The van der Waals surface area contributed by atoms with Crippen LogP contribution in [0.2, 0.25) is 0 Å². The van der Waals surface area contributed by atoms with Gasteiger partial charge < -0.3 is 19.5 Å². The van der Waals surface area contributed by atoms with Gasteiger partial charge in [0, 0.05) is 13.1 Å². The minimum absolute atomic E-state index is 0.00965. The van der Waals surface area contributed by atoms with E-state index in [0.29, 0.717) is 23.3 Å². The number of aromatic carboxylic acids is 1. The molecule has 0 bridgehead atoms. The molecule has 31 heavy (non-hydrogen) atoms. The van der Waals surface area contributed by atoms with Crippen LogP contribution >= 0.6 is 15.9 Å². The van der Waals surface area contributed by atoms with E-state index in [1.165, 1.54) is 6.07 Å². The molecule has 3 aromatic carbocycles. The number of carboxylic acid groups (broad SMARTS) is 1. The van der Waals surface area contributed by atoms with Crippen LogP contribution in [0.5, 0.6) is 11.5 Å². The topological polar surface area (TPSA) is 76.1 Å². The maximum absolute atomic E-state index is 13.1. The molecule has 0 atom stereocenters. The minimum Gasteiger partial charge on any atom is -0.497 e. The van der Waals surface area contributed by atoms with Gasteiger partial charge in [0.1, 0.15) is 17.1 Å². The van der Waals surface area contributed by atoms with Gasteiger partial charge in [0.25, 0.3) is 5.91 Å². The summed E-state index contributed by atoms with van der Waals surface area (Å²) in [7, 11) is 1.59. The van der Waals surface area contributed by atoms with Crippen LogP contribution in [-0.4, -0.2) is 35.6 Å². The summed E-state index contributed by atoms with van der Waals surface area (Å²) in [6.07, 6.45) is 0. The van der Waals surface area contributed by atoms with E-state index in [1.807, 2.05) is 54.6 Å². The minimum atomic E-state index is -1.12. The molecule has 0 radical (unpaired) electrons. The second-order valence-corrected chi connectivity index (χ2v) is 7.65. The number of carbonyl (C=O) groups excluding carboxylic acids is 1. The van der Waals surface area contributed by atoms with E-state index in [0.717, 1.165) is 11.1 Å². The Labute approximate surface area is 189 Å². The highest BCUT2D eigenvalue weighted by Crippen LogP contribution is 2.29. The van der Waals surface area contributed by atoms with Crippen molar-refractivity contribution in [3.8, 4) is 11.5 Å². The molecule has 0 aliphatic heterocycles. The number of halogens is 1. The van der Waals surface area contributed by atoms with Crippen molar-refractivity contribution in [3.63, 3.8) is 0 Å². The average molecular weight is 484 g/mol. The van der Waals surface area contributed by atoms with Crippen LogP contribution in [0, 0.1) is 0 Å². The molecular formula is C24H22BrNO5. The highest BCUT2D eigenvalue weighted by molar-refractivity contribution is 9.10. The number of hydrogen-bond acceptors (Lipinski definition) is 4. The molecule has 0 aromatic heterocycles. The molecule has 0 saturated carbocycles. The van der Waals surface area contributed by atoms with Crippen LogP contribution in [-0.2, 0) is 17.9 Å². The molecular weight excluding hydrogens is 462 g/mol. The molecule has 0 spiro atoms. The first-order valence-corrected chi connectivity index (χ1v) is 10.4. The lowest BCUT2D eigenvalue weighted by molar-refractivity contribution is -0.134. The number of nitrogens with zero attached hydrogens (tertiary/aromatic N) is 1. The van der Waals surface area contributed by atoms with E-state index in [4.69, 9.17) is 9.47 Å². The van der Waals surface area contributed by atoms with Crippen molar-refractivity contribution in [2.24, 2.45) is 0 Å². The number of carbonyl (C=O) groups is 2. The molecule has 7 heteroatoms. The summed E-state index contributed by atoms with van der Waals surface area (Å²) >= 11 is 3.30. The predicted molar refractivity (Wildman–Crippen MR) is 120 cm³/mol. The van der Waals surface area contributed by atoms with Gasteiger partial charge in [-0.3, -0.25) is 4.79 Å². The lowest BCUT2D eigenvalue weighted by Gasteiger charge is -2.24. The van der Waals surface area contributed by atoms with Crippen molar-refractivity contribution >= 4 is 27.8 Å². The number of rotatable bonds is 9. The van der Waals surface area contributed by atoms with E-state index >= 15 is 0 Å². The first-order valence-electron chi connectivity index (χ1n) is 9.57. The summed E-state index contributed by atoms with van der Waals surface area (Å²) in [5.41, 5.74) is 1.88. The average Bonchev–Trinajstić information content (AvgIpc) is 2.78. The van der Waals surface area contributed by atoms with Crippen molar-refractivity contribution in [1.29, 1.82) is 0 Å². The Morgan fingerprint density at radius 3 is 2.32 bits per heavy atom. The van der Waals surface area contributed by atoms with E-state index in [9.17, 15) is 14.7 Å². The summed E-state index contributed by atoms with van der Waals surface area (Å²) in [5.74, 6) is -0.551. The second kappa shape index (κ2) is 10.6. The molecule has 0 unspecified atom stereocenters. The molecule has 160 valence electrons. The van der Waals surface area contributed by atoms with Crippen LogP contribution in [0.4, 0.5) is 0 Å². The van der Waals surface area contributed by atoms with Crippen molar-refractivity contribution in [1.82, 2.24) is 4.90 Å². The molecule has 1 N–H and O–H groups in total. The number of hydrogen-bond donors (Lipinski definition) is 1. The Kier molecular flexibility index (Phi) is 7.67. The molecule has 0 fully saturated rings. The molecule has 1 amide bonds. The Hall–Kier alpha value is -3.32. The highest BCUT2D eigenvalue weighted by Gasteiger charge is 2.19. The van der Waals surface area contributed by atoms with E-state index in [1.54, 1.807) is 24.1 Å². The van der Waals surface area contributed by atoms with Crippen LogP contribution in [0.15, 0.2) is 77.3 Å². The first-order chi connectivity index (χ1) is 15.0. The van der Waals surface area contributed by atoms with Crippen molar-refractivity contribution in [2.45, 2.75) is 13.1 Å². The van der Waals surface area contributed by atoms with Gasteiger partial charge in [-0.25, -0.2) is 4.79 Å². The fraction of sp³-hybridized carbons (Fsp3) is 0.167. The van der Waals surface area contributed by atoms with Crippen LogP contribution in [0.1, 0.15) is 21.5 Å². The van der Waals surface area contributed by atoms with Crippen LogP contribution < -0.4 is 9.47 Å². The Morgan fingerprint density at radius 1 is 0.935 bits per heavy atom. The standard InChI is InChI=1S/C24H22BrNO5/c1-30-19-10-5-9-18(13-19)15-26(14-17-7-3-2-4-8-17)22(27)16-31-23-20(24(28)29)11-6-12-21(23)25/h2-13H,14-16H2,1H3,(H,28,29). The number of methoxy groups -OCH3 is 1. The Bertz CT molecular complexity index is 1050. The zero-order valence-electron chi connectivity index (χ0n) is 17.0. The smallest absolute Gasteiger partial charge is 0.339 e. The van der Waals surface area contributed by atoms with Crippen LogP contribution in [0.3, 0.4) is 0 Å². The number of benzene rings is 3. The quantitative estimate of drug-likeness (QED) is 0.474. The van der Waals surface area contributed by atoms with Crippen LogP contribution in [0.25, 0.3) is 0 Å². The van der Waals surface area contributed by atoms with Crippen molar-refractivity contribution in [2.75, 3.05) is 13.7 Å². The van der Waals surface area contributed by atoms with E-state index < -0.39 is 5.97 Å². The fourth-order valence-corrected chi connectivity index (χ4v) is 3.56.